The maximum Gasteiger partial charge on any atom is 0.341 e. The van der Waals surface area contributed by atoms with Crippen LogP contribution in [0.1, 0.15) is 12.5 Å². The largest absolute Gasteiger partial charge is 0.465 e. The molecule has 0 N–H and O–H groups in total. The van der Waals surface area contributed by atoms with Gasteiger partial charge in [0.05, 0.1) is 7.11 Å². The predicted molar refractivity (Wildman–Crippen MR) is 76.2 cm³/mol. The number of hydrogen-bond acceptors (Lipinski definition) is 5. The topological polar surface area (TPSA) is 61.8 Å². The van der Waals surface area contributed by atoms with E-state index in [4.69, 9.17) is 25.8 Å². The molecule has 0 bridgehead atoms. The zero-order chi connectivity index (χ0) is 15.4. The molecule has 2 rings (SSSR count). The summed E-state index contributed by atoms with van der Waals surface area (Å²) in [6, 6.07) is 6.79. The first-order valence-corrected chi connectivity index (χ1v) is 6.49. The molecule has 1 aromatic rings. The van der Waals surface area contributed by atoms with Gasteiger partial charge < -0.3 is 14.2 Å². The molecule has 1 heterocycles. The molecule has 1 aromatic carbocycles. The minimum atomic E-state index is -0.861. The number of hydrogen-bond donors (Lipinski definition) is 0. The van der Waals surface area contributed by atoms with Crippen molar-refractivity contribution in [1.29, 1.82) is 0 Å². The molecule has 0 spiro atoms. The van der Waals surface area contributed by atoms with Crippen molar-refractivity contribution in [3.63, 3.8) is 0 Å². The average Bonchev–Trinajstić information content (AvgIpc) is 2.79. The molecule has 21 heavy (non-hydrogen) atoms. The summed E-state index contributed by atoms with van der Waals surface area (Å²) in [6.45, 7) is 1.62. The van der Waals surface area contributed by atoms with E-state index in [1.165, 1.54) is 19.4 Å². The van der Waals surface area contributed by atoms with Crippen molar-refractivity contribution in [3.05, 3.63) is 52.8 Å². The van der Waals surface area contributed by atoms with Crippen molar-refractivity contribution in [1.82, 2.24) is 0 Å². The highest BCUT2D eigenvalue weighted by atomic mass is 35.5. The van der Waals surface area contributed by atoms with E-state index < -0.39 is 18.2 Å². The van der Waals surface area contributed by atoms with E-state index in [-0.39, 0.29) is 5.57 Å². The number of cyclic esters (lactones) is 1. The number of halogens is 1. The Hall–Kier alpha value is -2.27. The van der Waals surface area contributed by atoms with Crippen molar-refractivity contribution in [2.75, 3.05) is 7.11 Å². The molecule has 0 saturated heterocycles. The van der Waals surface area contributed by atoms with Crippen LogP contribution in [0.2, 0.25) is 5.02 Å². The third kappa shape index (κ3) is 3.44. The van der Waals surface area contributed by atoms with Gasteiger partial charge in [0, 0.05) is 22.2 Å². The molecule has 1 atom stereocenters. The second kappa shape index (κ2) is 6.45. The van der Waals surface area contributed by atoms with E-state index in [0.717, 1.165) is 0 Å². The molecule has 0 aliphatic carbocycles. The molecule has 1 aliphatic heterocycles. The predicted octanol–water partition coefficient (Wildman–Crippen LogP) is 2.70. The number of carbonyl (C=O) groups excluding carboxylic acids is 2. The van der Waals surface area contributed by atoms with Crippen molar-refractivity contribution < 1.29 is 23.8 Å². The van der Waals surface area contributed by atoms with Gasteiger partial charge in [0.15, 0.2) is 0 Å². The monoisotopic (exact) mass is 308 g/mol. The highest BCUT2D eigenvalue weighted by Crippen LogP contribution is 2.25. The number of ether oxygens (including phenoxy) is 3. The van der Waals surface area contributed by atoms with Gasteiger partial charge in [-0.1, -0.05) is 29.8 Å². The second-order valence-corrected chi connectivity index (χ2v) is 4.67. The van der Waals surface area contributed by atoms with Crippen LogP contribution in [0.15, 0.2) is 42.2 Å². The summed E-state index contributed by atoms with van der Waals surface area (Å²) in [7, 11) is 1.26. The first-order valence-electron chi connectivity index (χ1n) is 6.11. The fourth-order valence-corrected chi connectivity index (χ4v) is 1.96. The molecule has 110 valence electrons. The molecule has 0 radical (unpaired) electrons. The molecule has 1 aliphatic rings. The van der Waals surface area contributed by atoms with Gasteiger partial charge in [-0.05, 0) is 13.0 Å². The number of benzene rings is 1. The quantitative estimate of drug-likeness (QED) is 0.486. The van der Waals surface area contributed by atoms with Gasteiger partial charge in [-0.25, -0.2) is 9.59 Å². The highest BCUT2D eigenvalue weighted by Gasteiger charge is 2.24. The Balaban J connectivity index is 2.25. The zero-order valence-corrected chi connectivity index (χ0v) is 12.2. The Morgan fingerprint density at radius 1 is 1.38 bits per heavy atom. The molecule has 0 amide bonds. The number of esters is 2. The van der Waals surface area contributed by atoms with Crippen LogP contribution >= 0.6 is 11.6 Å². The normalized spacial score (nSPS) is 18.0. The minimum absolute atomic E-state index is 0.136. The van der Waals surface area contributed by atoms with E-state index in [1.807, 2.05) is 0 Å². The summed E-state index contributed by atoms with van der Waals surface area (Å²) in [5.41, 5.74) is 1.05. The first-order chi connectivity index (χ1) is 10.0. The Morgan fingerprint density at radius 2 is 2.10 bits per heavy atom. The lowest BCUT2D eigenvalue weighted by atomic mass is 10.1. The van der Waals surface area contributed by atoms with Crippen LogP contribution in [-0.4, -0.2) is 25.3 Å². The van der Waals surface area contributed by atoms with Gasteiger partial charge in [0.2, 0.25) is 0 Å². The fourth-order valence-electron chi connectivity index (χ4n) is 1.72. The molecule has 0 aromatic heterocycles. The average molecular weight is 309 g/mol. The smallest absolute Gasteiger partial charge is 0.341 e. The first kappa shape index (κ1) is 15.1. The summed E-state index contributed by atoms with van der Waals surface area (Å²) < 4.78 is 14.9. The SMILES string of the molecule is COC(=O)/C(=C\OC1C=C(C)C(=O)O1)c1ccccc1Cl. The minimum Gasteiger partial charge on any atom is -0.465 e. The van der Waals surface area contributed by atoms with E-state index >= 15 is 0 Å². The maximum atomic E-state index is 11.8. The molecule has 6 heteroatoms. The summed E-state index contributed by atoms with van der Waals surface area (Å²) >= 11 is 6.06. The van der Waals surface area contributed by atoms with Gasteiger partial charge in [0.25, 0.3) is 6.29 Å². The Bertz CT molecular complexity index is 633. The fraction of sp³-hybridized carbons (Fsp3) is 0.200. The third-order valence-electron chi connectivity index (χ3n) is 2.82. The van der Waals surface area contributed by atoms with Gasteiger partial charge in [-0.15, -0.1) is 0 Å². The zero-order valence-electron chi connectivity index (χ0n) is 11.5. The van der Waals surface area contributed by atoms with Crippen LogP contribution < -0.4 is 0 Å². The van der Waals surface area contributed by atoms with Crippen LogP contribution in [0.25, 0.3) is 5.57 Å². The van der Waals surface area contributed by atoms with Gasteiger partial charge in [-0.3, -0.25) is 0 Å². The number of methoxy groups -OCH3 is 1. The summed E-state index contributed by atoms with van der Waals surface area (Å²) in [5, 5.41) is 0.382. The molecule has 1 unspecified atom stereocenters. The lowest BCUT2D eigenvalue weighted by Crippen LogP contribution is -2.11. The number of rotatable bonds is 4. The lowest BCUT2D eigenvalue weighted by molar-refractivity contribution is -0.152. The lowest BCUT2D eigenvalue weighted by Gasteiger charge is -2.11. The van der Waals surface area contributed by atoms with Crippen LogP contribution in [0.3, 0.4) is 0 Å². The molecule has 0 saturated carbocycles. The Labute approximate surface area is 126 Å². The summed E-state index contributed by atoms with van der Waals surface area (Å²) in [6.07, 6.45) is 1.83. The van der Waals surface area contributed by atoms with Gasteiger partial charge >= 0.3 is 11.9 Å². The summed E-state index contributed by atoms with van der Waals surface area (Å²) in [4.78, 5) is 23.1. The van der Waals surface area contributed by atoms with Crippen LogP contribution in [0, 0.1) is 0 Å². The van der Waals surface area contributed by atoms with Crippen molar-refractivity contribution in [2.45, 2.75) is 13.2 Å². The standard InChI is InChI=1S/C15H13ClO5/c1-9-7-13(21-14(9)17)20-8-11(15(18)19-2)10-5-3-4-6-12(10)16/h3-8,13H,1-2H3/b11-8-. The highest BCUT2D eigenvalue weighted by molar-refractivity contribution is 6.34. The Kier molecular flexibility index (Phi) is 4.65. The van der Waals surface area contributed by atoms with Crippen molar-refractivity contribution in [3.8, 4) is 0 Å². The van der Waals surface area contributed by atoms with E-state index in [9.17, 15) is 9.59 Å². The van der Waals surface area contributed by atoms with Crippen LogP contribution in [0.4, 0.5) is 0 Å². The van der Waals surface area contributed by atoms with E-state index in [2.05, 4.69) is 0 Å². The molecule has 0 fully saturated rings. The van der Waals surface area contributed by atoms with Crippen molar-refractivity contribution >= 4 is 29.1 Å². The maximum absolute atomic E-state index is 11.8. The Morgan fingerprint density at radius 3 is 2.67 bits per heavy atom. The second-order valence-electron chi connectivity index (χ2n) is 4.26. The third-order valence-corrected chi connectivity index (χ3v) is 3.15. The molecular weight excluding hydrogens is 296 g/mol. The van der Waals surface area contributed by atoms with E-state index in [1.54, 1.807) is 31.2 Å². The van der Waals surface area contributed by atoms with Crippen LogP contribution in [-0.2, 0) is 23.8 Å². The summed E-state index contributed by atoms with van der Waals surface area (Å²) in [5.74, 6) is -1.06. The van der Waals surface area contributed by atoms with Gasteiger partial charge in [-0.2, -0.15) is 0 Å². The van der Waals surface area contributed by atoms with Crippen molar-refractivity contribution in [2.24, 2.45) is 0 Å². The van der Waals surface area contributed by atoms with Crippen LogP contribution in [0.5, 0.6) is 0 Å². The number of carbonyl (C=O) groups is 2. The van der Waals surface area contributed by atoms with E-state index in [0.29, 0.717) is 16.2 Å². The molecule has 5 nitrogen and oxygen atoms in total. The molecular formula is C15H13ClO5. The van der Waals surface area contributed by atoms with Gasteiger partial charge in [0.1, 0.15) is 11.8 Å².